The van der Waals surface area contributed by atoms with Gasteiger partial charge < -0.3 is 16.4 Å². The average Bonchev–Trinajstić information content (AvgIpc) is 2.45. The maximum absolute atomic E-state index is 13.0. The van der Waals surface area contributed by atoms with Crippen molar-refractivity contribution in [1.29, 1.82) is 0 Å². The van der Waals surface area contributed by atoms with Crippen LogP contribution in [0.4, 0.5) is 18.9 Å². The van der Waals surface area contributed by atoms with Crippen molar-refractivity contribution in [3.63, 3.8) is 0 Å². The zero-order valence-electron chi connectivity index (χ0n) is 11.5. The van der Waals surface area contributed by atoms with E-state index in [-0.39, 0.29) is 23.9 Å². The monoisotopic (exact) mass is 301 g/mol. The molecule has 1 fully saturated rings. The van der Waals surface area contributed by atoms with Gasteiger partial charge in [0.15, 0.2) is 0 Å². The summed E-state index contributed by atoms with van der Waals surface area (Å²) in [5.41, 5.74) is 10.5. The number of hydrogen-bond donors (Lipinski definition) is 2. The molecule has 0 radical (unpaired) electrons. The van der Waals surface area contributed by atoms with Gasteiger partial charge in [-0.2, -0.15) is 13.2 Å². The van der Waals surface area contributed by atoms with Gasteiger partial charge in [-0.05, 0) is 30.5 Å². The maximum atomic E-state index is 13.0. The van der Waals surface area contributed by atoms with Gasteiger partial charge in [-0.3, -0.25) is 4.79 Å². The fraction of sp³-hybridized carbons (Fsp3) is 0.500. The summed E-state index contributed by atoms with van der Waals surface area (Å²) in [6, 6.07) is 4.19. The number of anilines is 1. The lowest BCUT2D eigenvalue weighted by Crippen LogP contribution is -2.38. The van der Waals surface area contributed by atoms with Crippen molar-refractivity contribution in [3.8, 4) is 0 Å². The Bertz CT molecular complexity index is 523. The van der Waals surface area contributed by atoms with Crippen molar-refractivity contribution >= 4 is 11.6 Å². The second-order valence-corrected chi connectivity index (χ2v) is 5.21. The number of rotatable bonds is 3. The van der Waals surface area contributed by atoms with Crippen LogP contribution in [0, 0.1) is 5.92 Å². The van der Waals surface area contributed by atoms with Gasteiger partial charge in [0.05, 0.1) is 5.56 Å². The molecule has 0 spiro atoms. The predicted octanol–water partition coefficient (Wildman–Crippen LogP) is 1.87. The number of carbonyl (C=O) groups excluding carboxylic acids is 1. The molecule has 21 heavy (non-hydrogen) atoms. The second kappa shape index (κ2) is 5.93. The van der Waals surface area contributed by atoms with E-state index >= 15 is 0 Å². The summed E-state index contributed by atoms with van der Waals surface area (Å²) < 4.78 is 39.0. The summed E-state index contributed by atoms with van der Waals surface area (Å²) in [6.07, 6.45) is -3.29. The Balaban J connectivity index is 2.20. The highest BCUT2D eigenvalue weighted by atomic mass is 19.4. The van der Waals surface area contributed by atoms with Crippen molar-refractivity contribution in [1.82, 2.24) is 0 Å². The quantitative estimate of drug-likeness (QED) is 0.895. The summed E-state index contributed by atoms with van der Waals surface area (Å²) in [5, 5.41) is 0. The molecule has 4 N–H and O–H groups in total. The van der Waals surface area contributed by atoms with Gasteiger partial charge in [0, 0.05) is 31.2 Å². The number of nitrogens with two attached hydrogens (primary N) is 2. The largest absolute Gasteiger partial charge is 0.416 e. The third-order valence-corrected chi connectivity index (χ3v) is 3.88. The van der Waals surface area contributed by atoms with Gasteiger partial charge in [0.25, 0.3) is 0 Å². The fourth-order valence-corrected chi connectivity index (χ4v) is 2.63. The lowest BCUT2D eigenvalue weighted by molar-refractivity contribution is -0.138. The number of hydrogen-bond acceptors (Lipinski definition) is 3. The van der Waals surface area contributed by atoms with Crippen molar-refractivity contribution in [3.05, 3.63) is 29.3 Å². The van der Waals surface area contributed by atoms with Crippen LogP contribution in [0.2, 0.25) is 0 Å². The molecule has 1 heterocycles. The highest BCUT2D eigenvalue weighted by molar-refractivity contribution is 5.77. The Kier molecular flexibility index (Phi) is 4.41. The molecule has 0 saturated carbocycles. The van der Waals surface area contributed by atoms with E-state index in [1.807, 2.05) is 4.90 Å². The first-order chi connectivity index (χ1) is 9.82. The molecule has 1 aromatic rings. The van der Waals surface area contributed by atoms with Crippen LogP contribution in [0.1, 0.15) is 24.0 Å². The Morgan fingerprint density at radius 2 is 1.90 bits per heavy atom. The second-order valence-electron chi connectivity index (χ2n) is 5.21. The summed E-state index contributed by atoms with van der Waals surface area (Å²) in [4.78, 5) is 12.9. The van der Waals surface area contributed by atoms with Crippen LogP contribution in [-0.2, 0) is 17.5 Å². The molecule has 0 aliphatic carbocycles. The molecule has 7 heteroatoms. The molecule has 0 atom stereocenters. The van der Waals surface area contributed by atoms with E-state index in [0.717, 1.165) is 6.07 Å². The molecule has 116 valence electrons. The molecule has 2 rings (SSSR count). The summed E-state index contributed by atoms with van der Waals surface area (Å²) >= 11 is 0. The minimum atomic E-state index is -4.42. The molecule has 1 amide bonds. The van der Waals surface area contributed by atoms with Crippen molar-refractivity contribution in [2.75, 3.05) is 18.0 Å². The van der Waals surface area contributed by atoms with Crippen molar-refractivity contribution < 1.29 is 18.0 Å². The summed E-state index contributed by atoms with van der Waals surface area (Å²) in [5.74, 6) is -0.532. The standard InChI is InChI=1S/C14H18F3N3O/c15-14(16,17)12-7-11(2-1-10(12)8-18)20-5-3-9(4-6-20)13(19)21/h1-2,7,9H,3-6,8,18H2,(H2,19,21). The molecule has 1 aliphatic rings. The molecule has 1 aromatic carbocycles. The van der Waals surface area contributed by atoms with Crippen LogP contribution in [0.5, 0.6) is 0 Å². The van der Waals surface area contributed by atoms with Crippen LogP contribution in [0.15, 0.2) is 18.2 Å². The number of carbonyl (C=O) groups is 1. The van der Waals surface area contributed by atoms with Crippen molar-refractivity contribution in [2.45, 2.75) is 25.6 Å². The SMILES string of the molecule is NCc1ccc(N2CCC(C(N)=O)CC2)cc1C(F)(F)F. The van der Waals surface area contributed by atoms with E-state index in [1.165, 1.54) is 6.07 Å². The normalized spacial score (nSPS) is 17.0. The van der Waals surface area contributed by atoms with Crippen LogP contribution >= 0.6 is 0 Å². The molecular weight excluding hydrogens is 283 g/mol. The highest BCUT2D eigenvalue weighted by Gasteiger charge is 2.34. The number of amides is 1. The third kappa shape index (κ3) is 3.47. The minimum Gasteiger partial charge on any atom is -0.371 e. The van der Waals surface area contributed by atoms with Crippen molar-refractivity contribution in [2.24, 2.45) is 17.4 Å². The lowest BCUT2D eigenvalue weighted by Gasteiger charge is -2.33. The zero-order chi connectivity index (χ0) is 15.6. The highest BCUT2D eigenvalue weighted by Crippen LogP contribution is 2.35. The van der Waals surface area contributed by atoms with Crippen LogP contribution in [0.25, 0.3) is 0 Å². The molecule has 0 bridgehead atoms. The van der Waals surface area contributed by atoms with Crippen LogP contribution in [0.3, 0.4) is 0 Å². The first-order valence-electron chi connectivity index (χ1n) is 6.77. The van der Waals surface area contributed by atoms with E-state index in [4.69, 9.17) is 11.5 Å². The van der Waals surface area contributed by atoms with Gasteiger partial charge in [-0.1, -0.05) is 6.07 Å². The van der Waals surface area contributed by atoms with E-state index in [1.54, 1.807) is 6.07 Å². The van der Waals surface area contributed by atoms with E-state index in [9.17, 15) is 18.0 Å². The number of piperidine rings is 1. The molecule has 1 aliphatic heterocycles. The number of benzene rings is 1. The summed E-state index contributed by atoms with van der Waals surface area (Å²) in [6.45, 7) is 0.888. The molecule has 1 saturated heterocycles. The fourth-order valence-electron chi connectivity index (χ4n) is 2.63. The predicted molar refractivity (Wildman–Crippen MR) is 73.5 cm³/mol. The third-order valence-electron chi connectivity index (χ3n) is 3.88. The van der Waals surface area contributed by atoms with E-state index in [2.05, 4.69) is 0 Å². The molecule has 0 unspecified atom stereocenters. The average molecular weight is 301 g/mol. The first kappa shape index (κ1) is 15.6. The zero-order valence-corrected chi connectivity index (χ0v) is 11.5. The smallest absolute Gasteiger partial charge is 0.371 e. The Morgan fingerprint density at radius 1 is 1.29 bits per heavy atom. The van der Waals surface area contributed by atoms with Gasteiger partial charge >= 0.3 is 6.18 Å². The summed E-state index contributed by atoms with van der Waals surface area (Å²) in [7, 11) is 0. The first-order valence-corrected chi connectivity index (χ1v) is 6.77. The Hall–Kier alpha value is -1.76. The minimum absolute atomic E-state index is 0.0817. The van der Waals surface area contributed by atoms with Gasteiger partial charge in [-0.15, -0.1) is 0 Å². The Labute approximate surface area is 120 Å². The number of nitrogens with zero attached hydrogens (tertiary/aromatic N) is 1. The van der Waals surface area contributed by atoms with Gasteiger partial charge in [0.2, 0.25) is 5.91 Å². The number of halogens is 3. The molecular formula is C14H18F3N3O. The van der Waals surface area contributed by atoms with Gasteiger partial charge in [-0.25, -0.2) is 0 Å². The Morgan fingerprint density at radius 3 is 2.38 bits per heavy atom. The maximum Gasteiger partial charge on any atom is 0.416 e. The molecule has 4 nitrogen and oxygen atoms in total. The van der Waals surface area contributed by atoms with Crippen LogP contribution < -0.4 is 16.4 Å². The number of primary amides is 1. The van der Waals surface area contributed by atoms with Crippen LogP contribution in [-0.4, -0.2) is 19.0 Å². The molecule has 0 aromatic heterocycles. The number of alkyl halides is 3. The van der Waals surface area contributed by atoms with Gasteiger partial charge in [0.1, 0.15) is 0 Å². The lowest BCUT2D eigenvalue weighted by atomic mass is 9.95. The van der Waals surface area contributed by atoms with E-state index in [0.29, 0.717) is 31.6 Å². The van der Waals surface area contributed by atoms with E-state index < -0.39 is 11.7 Å². The topological polar surface area (TPSA) is 72.3 Å².